The maximum absolute atomic E-state index is 13.0. The van der Waals surface area contributed by atoms with Crippen molar-refractivity contribution in [3.8, 4) is 0 Å². The molecule has 0 radical (unpaired) electrons. The molecule has 1 aromatic carbocycles. The molecule has 0 atom stereocenters. The highest BCUT2D eigenvalue weighted by molar-refractivity contribution is 7.98. The molecule has 230 valence electrons. The van der Waals surface area contributed by atoms with Crippen molar-refractivity contribution in [2.24, 2.45) is 0 Å². The zero-order valence-electron chi connectivity index (χ0n) is 26.7. The Morgan fingerprint density at radius 2 is 1.62 bits per heavy atom. The normalized spacial score (nSPS) is 12.9. The van der Waals surface area contributed by atoms with E-state index in [1.807, 2.05) is 0 Å². The molecule has 7 heteroatoms. The number of likely N-dealkylation sites (N-methyl/N-ethyl adjacent to an activating group) is 1. The molecule has 42 heavy (non-hydrogen) atoms. The van der Waals surface area contributed by atoms with Crippen molar-refractivity contribution in [3.63, 3.8) is 0 Å². The van der Waals surface area contributed by atoms with E-state index >= 15 is 0 Å². The molecule has 3 aromatic rings. The number of benzene rings is 1. The average Bonchev–Trinajstić information content (AvgIpc) is 3.64. The number of imidazole rings is 1. The molecule has 0 N–H and O–H groups in total. The summed E-state index contributed by atoms with van der Waals surface area (Å²) in [5.74, 6) is 1.89. The summed E-state index contributed by atoms with van der Waals surface area (Å²) in [6.07, 6.45) is 16.6. The second kappa shape index (κ2) is 17.0. The van der Waals surface area contributed by atoms with Gasteiger partial charge in [-0.25, -0.2) is 4.98 Å². The minimum Gasteiger partial charge on any atom is -0.329 e. The molecule has 0 saturated carbocycles. The van der Waals surface area contributed by atoms with E-state index in [2.05, 4.69) is 77.2 Å². The molecule has 0 amide bonds. The van der Waals surface area contributed by atoms with Gasteiger partial charge in [-0.1, -0.05) is 107 Å². The molecule has 0 fully saturated rings. The predicted octanol–water partition coefficient (Wildman–Crippen LogP) is 7.60. The lowest BCUT2D eigenvalue weighted by Crippen LogP contribution is -2.29. The van der Waals surface area contributed by atoms with Crippen LogP contribution in [0, 0.1) is 6.92 Å². The standard InChI is InChI=1S/C35H53N5OS/c1-5-8-9-10-11-12-13-14-16-30-25-36-33(39(30)24-23-38(6-2)7-3)26-40-32-18-15-17-31(32)34(41)37-35(40)42-27-29-21-19-28(4)20-22-29/h19-22,25H,5-18,23-24,26-27H2,1-4H3. The highest BCUT2D eigenvalue weighted by Gasteiger charge is 2.23. The van der Waals surface area contributed by atoms with E-state index in [-0.39, 0.29) is 5.56 Å². The molecular weight excluding hydrogens is 538 g/mol. The first-order chi connectivity index (χ1) is 20.5. The van der Waals surface area contributed by atoms with Crippen molar-refractivity contribution in [1.82, 2.24) is 24.0 Å². The van der Waals surface area contributed by atoms with Crippen molar-refractivity contribution >= 4 is 11.8 Å². The number of thioether (sulfide) groups is 1. The summed E-state index contributed by atoms with van der Waals surface area (Å²) < 4.78 is 4.80. The second-order valence-corrected chi connectivity index (χ2v) is 12.9. The lowest BCUT2D eigenvalue weighted by Gasteiger charge is -2.22. The van der Waals surface area contributed by atoms with Crippen LogP contribution in [0.25, 0.3) is 0 Å². The van der Waals surface area contributed by atoms with Crippen LogP contribution in [0.1, 0.15) is 112 Å². The van der Waals surface area contributed by atoms with Gasteiger partial charge in [0.15, 0.2) is 5.16 Å². The van der Waals surface area contributed by atoms with Crippen molar-refractivity contribution in [3.05, 3.63) is 74.7 Å². The van der Waals surface area contributed by atoms with E-state index in [1.54, 1.807) is 11.8 Å². The van der Waals surface area contributed by atoms with Gasteiger partial charge in [0.05, 0.1) is 6.54 Å². The molecule has 2 heterocycles. The summed E-state index contributed by atoms with van der Waals surface area (Å²) >= 11 is 1.68. The summed E-state index contributed by atoms with van der Waals surface area (Å²) in [5.41, 5.74) is 5.91. The zero-order chi connectivity index (χ0) is 29.7. The van der Waals surface area contributed by atoms with Crippen LogP contribution >= 0.6 is 11.8 Å². The van der Waals surface area contributed by atoms with E-state index < -0.39 is 0 Å². The molecule has 0 spiro atoms. The number of unbranched alkanes of at least 4 members (excludes halogenated alkanes) is 7. The van der Waals surface area contributed by atoms with Gasteiger partial charge in [0.25, 0.3) is 5.56 Å². The molecule has 1 aliphatic carbocycles. The highest BCUT2D eigenvalue weighted by atomic mass is 32.2. The van der Waals surface area contributed by atoms with Gasteiger partial charge in [0.1, 0.15) is 5.82 Å². The van der Waals surface area contributed by atoms with Gasteiger partial charge in [-0.3, -0.25) is 4.79 Å². The smallest absolute Gasteiger partial charge is 0.277 e. The molecule has 6 nitrogen and oxygen atoms in total. The Hall–Kier alpha value is -2.38. The molecule has 0 unspecified atom stereocenters. The van der Waals surface area contributed by atoms with Gasteiger partial charge in [-0.2, -0.15) is 4.98 Å². The molecule has 0 aliphatic heterocycles. The molecule has 2 aromatic heterocycles. The van der Waals surface area contributed by atoms with Crippen molar-refractivity contribution < 1.29 is 0 Å². The zero-order valence-corrected chi connectivity index (χ0v) is 27.5. The highest BCUT2D eigenvalue weighted by Crippen LogP contribution is 2.27. The quantitative estimate of drug-likeness (QED) is 0.0816. The van der Waals surface area contributed by atoms with E-state index in [1.165, 1.54) is 73.9 Å². The van der Waals surface area contributed by atoms with Crippen LogP contribution in [-0.2, 0) is 38.1 Å². The first-order valence-electron chi connectivity index (χ1n) is 16.6. The first-order valence-corrected chi connectivity index (χ1v) is 17.6. The molecule has 1 aliphatic rings. The number of nitrogens with zero attached hydrogens (tertiary/aromatic N) is 5. The Morgan fingerprint density at radius 3 is 2.33 bits per heavy atom. The van der Waals surface area contributed by atoms with Gasteiger partial charge in [-0.05, 0) is 57.7 Å². The Kier molecular flexibility index (Phi) is 13.2. The summed E-state index contributed by atoms with van der Waals surface area (Å²) in [6.45, 7) is 13.6. The Morgan fingerprint density at radius 1 is 0.905 bits per heavy atom. The minimum atomic E-state index is -0.0367. The second-order valence-electron chi connectivity index (χ2n) is 11.9. The van der Waals surface area contributed by atoms with Crippen LogP contribution in [0.2, 0.25) is 0 Å². The van der Waals surface area contributed by atoms with Gasteiger partial charge in [0, 0.05) is 42.0 Å². The van der Waals surface area contributed by atoms with E-state index in [9.17, 15) is 4.79 Å². The van der Waals surface area contributed by atoms with Crippen LogP contribution in [-0.4, -0.2) is 43.6 Å². The number of fused-ring (bicyclic) bond motifs is 1. The van der Waals surface area contributed by atoms with Crippen molar-refractivity contribution in [1.29, 1.82) is 0 Å². The molecule has 0 saturated heterocycles. The summed E-state index contributed by atoms with van der Waals surface area (Å²) in [5, 5.41) is 0.823. The van der Waals surface area contributed by atoms with E-state index in [0.717, 1.165) is 74.2 Å². The molecular formula is C35H53N5OS. The van der Waals surface area contributed by atoms with Crippen LogP contribution in [0.3, 0.4) is 0 Å². The van der Waals surface area contributed by atoms with Gasteiger partial charge in [0.2, 0.25) is 0 Å². The Balaban J connectivity index is 1.53. The van der Waals surface area contributed by atoms with Crippen LogP contribution in [0.15, 0.2) is 40.4 Å². The topological polar surface area (TPSA) is 56.0 Å². The molecule has 4 rings (SSSR count). The lowest BCUT2D eigenvalue weighted by atomic mass is 10.1. The van der Waals surface area contributed by atoms with Gasteiger partial charge in [-0.15, -0.1) is 0 Å². The SMILES string of the molecule is CCCCCCCCCCc1cnc(Cn2c(SCc3ccc(C)cc3)nc(=O)c3c2CCC3)n1CCN(CC)CC. The Labute approximate surface area is 258 Å². The fourth-order valence-corrected chi connectivity index (χ4v) is 7.07. The fourth-order valence-electron chi connectivity index (χ4n) is 6.11. The first kappa shape index (κ1) is 32.5. The van der Waals surface area contributed by atoms with Gasteiger partial charge < -0.3 is 14.0 Å². The molecule has 0 bridgehead atoms. The van der Waals surface area contributed by atoms with Crippen molar-refractivity contribution in [2.75, 3.05) is 19.6 Å². The van der Waals surface area contributed by atoms with E-state index in [4.69, 9.17) is 4.98 Å². The number of rotatable bonds is 19. The predicted molar refractivity (Wildman–Crippen MR) is 177 cm³/mol. The van der Waals surface area contributed by atoms with Gasteiger partial charge >= 0.3 is 0 Å². The van der Waals surface area contributed by atoms with E-state index in [0.29, 0.717) is 6.54 Å². The van der Waals surface area contributed by atoms with Crippen LogP contribution < -0.4 is 5.56 Å². The summed E-state index contributed by atoms with van der Waals surface area (Å²) in [6, 6.07) is 8.66. The lowest BCUT2D eigenvalue weighted by molar-refractivity contribution is 0.287. The maximum atomic E-state index is 13.0. The summed E-state index contributed by atoms with van der Waals surface area (Å²) in [7, 11) is 0. The number of hydrogen-bond donors (Lipinski definition) is 0. The monoisotopic (exact) mass is 591 g/mol. The third-order valence-corrected chi connectivity index (χ3v) is 9.88. The van der Waals surface area contributed by atoms with Crippen LogP contribution in [0.4, 0.5) is 0 Å². The minimum absolute atomic E-state index is 0.0367. The van der Waals surface area contributed by atoms with Crippen LogP contribution in [0.5, 0.6) is 0 Å². The number of aromatic nitrogens is 4. The number of aryl methyl sites for hydroxylation is 2. The van der Waals surface area contributed by atoms with Crippen molar-refractivity contribution in [2.45, 2.75) is 129 Å². The third kappa shape index (κ3) is 9.06. The average molecular weight is 592 g/mol. The largest absolute Gasteiger partial charge is 0.329 e. The Bertz CT molecular complexity index is 1290. The fraction of sp³-hybridized carbons (Fsp3) is 0.629. The maximum Gasteiger partial charge on any atom is 0.277 e. The number of hydrogen-bond acceptors (Lipinski definition) is 5. The summed E-state index contributed by atoms with van der Waals surface area (Å²) in [4.78, 5) is 25.1. The third-order valence-electron chi connectivity index (χ3n) is 8.83.